The molecule has 0 aromatic rings. The molecule has 94 valence electrons. The normalized spacial score (nSPS) is 12.9. The van der Waals surface area contributed by atoms with E-state index in [1.807, 2.05) is 13.8 Å². The second-order valence-corrected chi connectivity index (χ2v) is 8.98. The molecule has 1 aliphatic carbocycles. The van der Waals surface area contributed by atoms with Gasteiger partial charge in [-0.25, -0.2) is 0 Å². The van der Waals surface area contributed by atoms with E-state index in [2.05, 4.69) is 56.1 Å². The van der Waals surface area contributed by atoms with Crippen molar-refractivity contribution < 1.29 is 21.7 Å². The Morgan fingerprint density at radius 2 is 1.65 bits per heavy atom. The first-order valence-corrected chi connectivity index (χ1v) is 8.52. The minimum atomic E-state index is -0.948. The van der Waals surface area contributed by atoms with E-state index in [9.17, 15) is 0 Å². The Morgan fingerprint density at radius 1 is 1.18 bits per heavy atom. The van der Waals surface area contributed by atoms with Gasteiger partial charge in [-0.15, -0.1) is 0 Å². The van der Waals surface area contributed by atoms with Crippen LogP contribution in [-0.2, 0) is 21.7 Å². The maximum absolute atomic E-state index is 4.62. The van der Waals surface area contributed by atoms with E-state index in [-0.39, 0.29) is 21.7 Å². The van der Waals surface area contributed by atoms with Crippen LogP contribution in [0.4, 0.5) is 0 Å². The van der Waals surface area contributed by atoms with Crippen LogP contribution in [-0.4, -0.2) is 20.0 Å². The zero-order chi connectivity index (χ0) is 12.8. The second-order valence-electron chi connectivity index (χ2n) is 4.89. The Kier molecular flexibility index (Phi) is 10.1. The fourth-order valence-electron chi connectivity index (χ4n) is 0.895. The second kappa shape index (κ2) is 8.92. The largest absolute Gasteiger partial charge is 0.272 e. The van der Waals surface area contributed by atoms with Gasteiger partial charge in [-0.2, -0.15) is 0 Å². The van der Waals surface area contributed by atoms with E-state index in [4.69, 9.17) is 0 Å². The summed E-state index contributed by atoms with van der Waals surface area (Å²) in [6.45, 7) is 17.9. The van der Waals surface area contributed by atoms with Crippen molar-refractivity contribution in [2.24, 2.45) is 4.74 Å². The van der Waals surface area contributed by atoms with Gasteiger partial charge in [-0.1, -0.05) is 36.5 Å². The molecular formula is C14H24NPTi. The third-order valence-corrected chi connectivity index (χ3v) is 2.77. The summed E-state index contributed by atoms with van der Waals surface area (Å²) in [5.41, 5.74) is 3.38. The molecule has 3 heteroatoms. The Hall–Kier alpha value is -0.0957. The van der Waals surface area contributed by atoms with Gasteiger partial charge >= 0.3 is 0 Å². The van der Waals surface area contributed by atoms with Gasteiger partial charge in [0.15, 0.2) is 0 Å². The molecule has 0 radical (unpaired) electrons. The van der Waals surface area contributed by atoms with Gasteiger partial charge in [0, 0.05) is 33.8 Å². The predicted octanol–water partition coefficient (Wildman–Crippen LogP) is 5.06. The molecule has 1 rings (SSSR count). The smallest absolute Gasteiger partial charge is 0.0424 e. The van der Waals surface area contributed by atoms with Crippen LogP contribution in [0.25, 0.3) is 0 Å². The van der Waals surface area contributed by atoms with E-state index in [1.165, 1.54) is 5.70 Å². The summed E-state index contributed by atoms with van der Waals surface area (Å²) < 4.78 is 4.62. The van der Waals surface area contributed by atoms with E-state index in [0.717, 1.165) is 17.6 Å². The Balaban J connectivity index is 0. The molecule has 0 saturated carbocycles. The molecule has 0 saturated heterocycles. The predicted molar refractivity (Wildman–Crippen MR) is 78.6 cm³/mol. The summed E-state index contributed by atoms with van der Waals surface area (Å²) in [6.07, 6.45) is 7.37. The number of rotatable bonds is 2. The molecule has 0 aromatic heterocycles. The van der Waals surface area contributed by atoms with Crippen LogP contribution in [0, 0.1) is 0 Å². The van der Waals surface area contributed by atoms with E-state index >= 15 is 0 Å². The Morgan fingerprint density at radius 3 is 1.88 bits per heavy atom. The van der Waals surface area contributed by atoms with E-state index < -0.39 is 7.05 Å². The number of nitrogens with zero attached hydrogens (tertiary/aromatic N) is 1. The van der Waals surface area contributed by atoms with Crippen molar-refractivity contribution in [2.75, 3.05) is 20.0 Å². The van der Waals surface area contributed by atoms with Gasteiger partial charge in [0.25, 0.3) is 0 Å². The summed E-state index contributed by atoms with van der Waals surface area (Å²) in [5, 5.41) is 0. The maximum atomic E-state index is 4.62. The van der Waals surface area contributed by atoms with Crippen molar-refractivity contribution in [3.05, 3.63) is 48.2 Å². The molecule has 0 fully saturated rings. The first-order chi connectivity index (χ1) is 7.22. The number of allylic oxidation sites excluding steroid dienone is 5. The van der Waals surface area contributed by atoms with Crippen LogP contribution in [0.5, 0.6) is 0 Å². The first-order valence-electron chi connectivity index (χ1n) is 5.44. The topological polar surface area (TPSA) is 12.4 Å². The molecule has 0 aromatic carbocycles. The SMILES string of the molecule is C=C(C)C(=C)C.CP(C)(C)=NC1=CC=CC1.[Ti]. The molecule has 0 N–H and O–H groups in total. The van der Waals surface area contributed by atoms with Crippen LogP contribution < -0.4 is 0 Å². The van der Waals surface area contributed by atoms with Gasteiger partial charge in [0.2, 0.25) is 0 Å². The molecular weight excluding hydrogens is 261 g/mol. The molecule has 17 heavy (non-hydrogen) atoms. The van der Waals surface area contributed by atoms with Crippen molar-refractivity contribution in [3.63, 3.8) is 0 Å². The summed E-state index contributed by atoms with van der Waals surface area (Å²) in [5.74, 6) is 0. The number of hydrogen-bond acceptors (Lipinski definition) is 1. The summed E-state index contributed by atoms with van der Waals surface area (Å²) in [7, 11) is -0.948. The van der Waals surface area contributed by atoms with Crippen LogP contribution in [0.15, 0.2) is 53.0 Å². The average molecular weight is 285 g/mol. The average Bonchev–Trinajstić information content (AvgIpc) is 2.54. The van der Waals surface area contributed by atoms with E-state index in [0.29, 0.717) is 0 Å². The molecule has 0 unspecified atom stereocenters. The third-order valence-electron chi connectivity index (χ3n) is 1.91. The van der Waals surface area contributed by atoms with Crippen LogP contribution >= 0.6 is 7.05 Å². The summed E-state index contributed by atoms with van der Waals surface area (Å²) in [4.78, 5) is 0. The first kappa shape index (κ1) is 19.2. The van der Waals surface area contributed by atoms with Gasteiger partial charge in [-0.05, 0) is 47.0 Å². The molecule has 0 spiro atoms. The fraction of sp³-hybridized carbons (Fsp3) is 0.429. The molecule has 1 nitrogen and oxygen atoms in total. The monoisotopic (exact) mass is 285 g/mol. The third kappa shape index (κ3) is 12.2. The molecule has 0 bridgehead atoms. The van der Waals surface area contributed by atoms with Crippen LogP contribution in [0.3, 0.4) is 0 Å². The van der Waals surface area contributed by atoms with Crippen molar-refractivity contribution in [1.29, 1.82) is 0 Å². The quantitative estimate of drug-likeness (QED) is 0.382. The van der Waals surface area contributed by atoms with E-state index in [1.54, 1.807) is 0 Å². The molecule has 1 aliphatic rings. The number of hydrogen-bond donors (Lipinski definition) is 0. The van der Waals surface area contributed by atoms with Crippen molar-refractivity contribution in [3.8, 4) is 0 Å². The van der Waals surface area contributed by atoms with Crippen molar-refractivity contribution >= 4 is 7.05 Å². The fourth-order valence-corrected chi connectivity index (χ4v) is 1.81. The zero-order valence-electron chi connectivity index (χ0n) is 11.7. The maximum Gasteiger partial charge on any atom is 0.0424 e. The minimum absolute atomic E-state index is 0. The zero-order valence-corrected chi connectivity index (χ0v) is 14.2. The molecule has 0 amide bonds. The van der Waals surface area contributed by atoms with Gasteiger partial charge in [0.05, 0.1) is 0 Å². The van der Waals surface area contributed by atoms with Gasteiger partial charge in [-0.3, -0.25) is 4.74 Å². The molecule has 0 aliphatic heterocycles. The standard InChI is InChI=1S/C8H14NP.C6H10.Ti/c1-10(2,3)9-8-6-4-5-7-8;1-5(2)6(3)4;/h4-6H,7H2,1-3H3;1,3H2,2,4H3;. The summed E-state index contributed by atoms with van der Waals surface area (Å²) >= 11 is 0. The Labute approximate surface area is 122 Å². The molecule has 0 atom stereocenters. The van der Waals surface area contributed by atoms with Crippen molar-refractivity contribution in [1.82, 2.24) is 0 Å². The van der Waals surface area contributed by atoms with Crippen molar-refractivity contribution in [2.45, 2.75) is 20.3 Å². The van der Waals surface area contributed by atoms with Crippen LogP contribution in [0.1, 0.15) is 20.3 Å². The molecule has 0 heterocycles. The summed E-state index contributed by atoms with van der Waals surface area (Å²) in [6, 6.07) is 0. The van der Waals surface area contributed by atoms with Gasteiger partial charge in [0.1, 0.15) is 0 Å². The Bertz CT molecular complexity index is 363. The van der Waals surface area contributed by atoms with Crippen LogP contribution in [0.2, 0.25) is 0 Å². The minimum Gasteiger partial charge on any atom is -0.272 e. The van der Waals surface area contributed by atoms with Gasteiger partial charge < -0.3 is 0 Å².